The number of hydrogen-bond acceptors (Lipinski definition) is 7. The fourth-order valence-corrected chi connectivity index (χ4v) is 4.05. The minimum atomic E-state index is 0. The van der Waals surface area contributed by atoms with Crippen LogP contribution >= 0.6 is 35.5 Å². The van der Waals surface area contributed by atoms with E-state index in [9.17, 15) is 0 Å². The number of rotatable bonds is 9. The fourth-order valence-electron chi connectivity index (χ4n) is 3.24. The molecule has 0 radical (unpaired) electrons. The van der Waals surface area contributed by atoms with E-state index >= 15 is 0 Å². The van der Waals surface area contributed by atoms with Crippen LogP contribution in [0.2, 0.25) is 0 Å². The molecule has 0 unspecified atom stereocenters. The van der Waals surface area contributed by atoms with Gasteiger partial charge < -0.3 is 24.6 Å². The van der Waals surface area contributed by atoms with Crippen LogP contribution in [-0.2, 0) is 17.8 Å². The first-order chi connectivity index (χ1) is 14.7. The first-order valence-electron chi connectivity index (χ1n) is 10.5. The molecule has 1 fully saturated rings. The lowest BCUT2D eigenvalue weighted by Crippen LogP contribution is -2.52. The lowest BCUT2D eigenvalue weighted by atomic mass is 10.2. The van der Waals surface area contributed by atoms with Crippen molar-refractivity contribution in [3.63, 3.8) is 0 Å². The Morgan fingerprint density at radius 3 is 2.55 bits per heavy atom. The second-order valence-corrected chi connectivity index (χ2v) is 7.78. The summed E-state index contributed by atoms with van der Waals surface area (Å²) in [7, 11) is 3.51. The molecule has 1 aromatic carbocycles. The first kappa shape index (κ1) is 25.6. The average Bonchev–Trinajstić information content (AvgIpc) is 3.29. The van der Waals surface area contributed by atoms with E-state index in [0.717, 1.165) is 73.8 Å². The van der Waals surface area contributed by atoms with E-state index in [1.54, 1.807) is 7.11 Å². The van der Waals surface area contributed by atoms with E-state index in [2.05, 4.69) is 36.4 Å². The van der Waals surface area contributed by atoms with Crippen molar-refractivity contribution in [3.8, 4) is 5.75 Å². The number of hydrogen-bond donors (Lipinski definition) is 1. The standard InChI is InChI=1S/C21H32N6O2S.HI/c1-4-19-24-21(30-25-19)27-13-11-26(12-14-27)20(22-2)23-10-5-15-29-16-17-6-8-18(28-3)9-7-17;/h6-9H,4-5,10-16H2,1-3H3,(H,22,23);1H. The quantitative estimate of drug-likeness (QED) is 0.219. The number of nitrogens with one attached hydrogen (secondary N) is 1. The van der Waals surface area contributed by atoms with Crippen LogP contribution in [0.15, 0.2) is 29.3 Å². The van der Waals surface area contributed by atoms with Crippen LogP contribution in [0.3, 0.4) is 0 Å². The predicted molar refractivity (Wildman–Crippen MR) is 137 cm³/mol. The summed E-state index contributed by atoms with van der Waals surface area (Å²) in [6.07, 6.45) is 1.82. The van der Waals surface area contributed by atoms with Gasteiger partial charge in [-0.2, -0.15) is 4.37 Å². The summed E-state index contributed by atoms with van der Waals surface area (Å²) < 4.78 is 15.3. The Bertz CT molecular complexity index is 793. The Balaban J connectivity index is 0.00000341. The van der Waals surface area contributed by atoms with E-state index in [1.807, 2.05) is 31.3 Å². The Kier molecular flexibility index (Phi) is 11.3. The van der Waals surface area contributed by atoms with E-state index in [-0.39, 0.29) is 24.0 Å². The van der Waals surface area contributed by atoms with E-state index in [0.29, 0.717) is 13.2 Å². The van der Waals surface area contributed by atoms with Crippen molar-refractivity contribution in [2.75, 3.05) is 58.4 Å². The maximum atomic E-state index is 5.78. The average molecular weight is 561 g/mol. The third kappa shape index (κ3) is 7.76. The highest BCUT2D eigenvalue weighted by atomic mass is 127. The monoisotopic (exact) mass is 560 g/mol. The van der Waals surface area contributed by atoms with Gasteiger partial charge in [0.1, 0.15) is 11.6 Å². The second-order valence-electron chi connectivity index (χ2n) is 7.05. The molecule has 0 bridgehead atoms. The zero-order valence-corrected chi connectivity index (χ0v) is 21.7. The smallest absolute Gasteiger partial charge is 0.205 e. The van der Waals surface area contributed by atoms with Crippen LogP contribution in [0.5, 0.6) is 5.75 Å². The minimum absolute atomic E-state index is 0. The highest BCUT2D eigenvalue weighted by molar-refractivity contribution is 14.0. The molecule has 1 N–H and O–H groups in total. The van der Waals surface area contributed by atoms with Gasteiger partial charge in [-0.25, -0.2) is 4.98 Å². The molecule has 10 heteroatoms. The lowest BCUT2D eigenvalue weighted by molar-refractivity contribution is 0.119. The molecule has 0 aliphatic carbocycles. The third-order valence-electron chi connectivity index (χ3n) is 5.01. The number of benzene rings is 1. The van der Waals surface area contributed by atoms with Crippen LogP contribution in [0.1, 0.15) is 24.7 Å². The molecule has 3 rings (SSSR count). The van der Waals surface area contributed by atoms with Crippen LogP contribution in [0.4, 0.5) is 5.13 Å². The van der Waals surface area contributed by atoms with Gasteiger partial charge in [0, 0.05) is 64.3 Å². The summed E-state index contributed by atoms with van der Waals surface area (Å²) in [4.78, 5) is 13.7. The molecule has 1 aliphatic heterocycles. The van der Waals surface area contributed by atoms with Crippen molar-refractivity contribution in [2.24, 2.45) is 4.99 Å². The van der Waals surface area contributed by atoms with Gasteiger partial charge in [-0.05, 0) is 24.1 Å². The highest BCUT2D eigenvalue weighted by Crippen LogP contribution is 2.19. The second kappa shape index (κ2) is 13.7. The highest BCUT2D eigenvalue weighted by Gasteiger charge is 2.21. The molecule has 172 valence electrons. The molecule has 0 amide bonds. The van der Waals surface area contributed by atoms with Crippen molar-refractivity contribution in [1.29, 1.82) is 0 Å². The maximum absolute atomic E-state index is 5.78. The van der Waals surface area contributed by atoms with Gasteiger partial charge in [0.2, 0.25) is 5.13 Å². The molecule has 1 aromatic heterocycles. The number of piperazine rings is 1. The number of ether oxygens (including phenoxy) is 2. The number of aromatic nitrogens is 2. The van der Waals surface area contributed by atoms with Crippen LogP contribution in [0, 0.1) is 0 Å². The first-order valence-corrected chi connectivity index (χ1v) is 11.2. The summed E-state index contributed by atoms with van der Waals surface area (Å²) >= 11 is 1.50. The van der Waals surface area contributed by atoms with Crippen LogP contribution in [0.25, 0.3) is 0 Å². The van der Waals surface area contributed by atoms with Crippen molar-refractivity contribution in [3.05, 3.63) is 35.7 Å². The predicted octanol–water partition coefficient (Wildman–Crippen LogP) is 3.03. The molecule has 2 heterocycles. The molecule has 2 aromatic rings. The third-order valence-corrected chi connectivity index (χ3v) is 5.83. The van der Waals surface area contributed by atoms with Gasteiger partial charge in [0.05, 0.1) is 13.7 Å². The van der Waals surface area contributed by atoms with E-state index in [4.69, 9.17) is 9.47 Å². The SMILES string of the molecule is CCc1nsc(N2CCN(C(=NC)NCCCOCc3ccc(OC)cc3)CC2)n1.I. The summed E-state index contributed by atoms with van der Waals surface area (Å²) in [5.74, 6) is 2.75. The molecule has 8 nitrogen and oxygen atoms in total. The maximum Gasteiger partial charge on any atom is 0.205 e. The molecular formula is C21H33IN6O2S. The molecule has 0 atom stereocenters. The summed E-state index contributed by atoms with van der Waals surface area (Å²) in [5, 5.41) is 4.49. The van der Waals surface area contributed by atoms with Crippen molar-refractivity contribution in [1.82, 2.24) is 19.6 Å². The Labute approximate surface area is 206 Å². The fraction of sp³-hybridized carbons (Fsp3) is 0.571. The van der Waals surface area contributed by atoms with Crippen LogP contribution in [-0.4, -0.2) is 73.7 Å². The Hall–Kier alpha value is -1.66. The number of aryl methyl sites for hydroxylation is 1. The molecule has 0 spiro atoms. The van der Waals surface area contributed by atoms with Gasteiger partial charge in [-0.1, -0.05) is 19.1 Å². The van der Waals surface area contributed by atoms with E-state index in [1.165, 1.54) is 11.5 Å². The van der Waals surface area contributed by atoms with E-state index < -0.39 is 0 Å². The minimum Gasteiger partial charge on any atom is -0.497 e. The molecule has 31 heavy (non-hydrogen) atoms. The molecular weight excluding hydrogens is 527 g/mol. The van der Waals surface area contributed by atoms with Crippen molar-refractivity contribution >= 4 is 46.6 Å². The summed E-state index contributed by atoms with van der Waals surface area (Å²) in [6.45, 7) is 7.97. The Morgan fingerprint density at radius 1 is 1.19 bits per heavy atom. The molecule has 1 aliphatic rings. The van der Waals surface area contributed by atoms with Gasteiger partial charge in [-0.3, -0.25) is 4.99 Å². The zero-order chi connectivity index (χ0) is 21.2. The number of aliphatic imine (C=N–C) groups is 1. The topological polar surface area (TPSA) is 75.1 Å². The number of nitrogens with zero attached hydrogens (tertiary/aromatic N) is 5. The number of guanidine groups is 1. The number of methoxy groups -OCH3 is 1. The normalized spacial score (nSPS) is 14.4. The largest absolute Gasteiger partial charge is 0.497 e. The number of anilines is 1. The Morgan fingerprint density at radius 2 is 1.94 bits per heavy atom. The van der Waals surface area contributed by atoms with Crippen LogP contribution < -0.4 is 15.0 Å². The zero-order valence-electron chi connectivity index (χ0n) is 18.5. The summed E-state index contributed by atoms with van der Waals surface area (Å²) in [5.41, 5.74) is 1.15. The van der Waals surface area contributed by atoms with Crippen molar-refractivity contribution < 1.29 is 9.47 Å². The molecule has 0 saturated carbocycles. The van der Waals surface area contributed by atoms with Gasteiger partial charge >= 0.3 is 0 Å². The molecule has 1 saturated heterocycles. The van der Waals surface area contributed by atoms with Gasteiger partial charge in [0.25, 0.3) is 0 Å². The summed E-state index contributed by atoms with van der Waals surface area (Å²) in [6, 6.07) is 7.97. The number of halogens is 1. The van der Waals surface area contributed by atoms with Crippen molar-refractivity contribution in [2.45, 2.75) is 26.4 Å². The van der Waals surface area contributed by atoms with Gasteiger partial charge in [-0.15, -0.1) is 24.0 Å². The lowest BCUT2D eigenvalue weighted by Gasteiger charge is -2.36. The van der Waals surface area contributed by atoms with Gasteiger partial charge in [0.15, 0.2) is 5.96 Å².